The fourth-order valence-electron chi connectivity index (χ4n) is 9.98. The number of ether oxygens (including phenoxy) is 2. The first kappa shape index (κ1) is 52.9. The molecule has 4 atom stereocenters. The first-order valence-electron chi connectivity index (χ1n) is 24.2. The SMILES string of the molecule is CC(C)(C)C(c1ccccc1)C1CCOCC1.CC(C)(C)C(c1ccccn1)C1CCOCC1.CCCC(c1ccccn1)C(C)(C)C.CCCC(c1ccccn1)C(C)(C)C. The molecular formula is C57H89N3O2. The van der Waals surface area contributed by atoms with E-state index in [0.29, 0.717) is 45.8 Å². The zero-order valence-electron chi connectivity index (χ0n) is 41.9. The van der Waals surface area contributed by atoms with Gasteiger partial charge in [-0.1, -0.05) is 158 Å². The van der Waals surface area contributed by atoms with Crippen LogP contribution in [-0.4, -0.2) is 41.4 Å². The molecule has 1 aromatic carbocycles. The summed E-state index contributed by atoms with van der Waals surface area (Å²) in [6.45, 7) is 36.0. The second kappa shape index (κ2) is 25.8. The third-order valence-corrected chi connectivity index (χ3v) is 12.8. The minimum Gasteiger partial charge on any atom is -0.381 e. The van der Waals surface area contributed by atoms with Crippen LogP contribution in [0.2, 0.25) is 0 Å². The Morgan fingerprint density at radius 2 is 0.774 bits per heavy atom. The summed E-state index contributed by atoms with van der Waals surface area (Å²) in [5, 5.41) is 0. The molecule has 6 rings (SSSR count). The number of nitrogens with zero attached hydrogens (tertiary/aromatic N) is 3. The van der Waals surface area contributed by atoms with Crippen LogP contribution in [0.25, 0.3) is 0 Å². The Bertz CT molecular complexity index is 1580. The minimum absolute atomic E-state index is 0.260. The number of hydrogen-bond acceptors (Lipinski definition) is 5. The summed E-state index contributed by atoms with van der Waals surface area (Å²) in [5.41, 5.74) is 6.41. The van der Waals surface area contributed by atoms with E-state index < -0.39 is 0 Å². The Balaban J connectivity index is 0.000000221. The average Bonchev–Trinajstić information content (AvgIpc) is 3.23. The molecule has 0 amide bonds. The van der Waals surface area contributed by atoms with Crippen LogP contribution in [0.1, 0.15) is 195 Å². The number of pyridine rings is 3. The van der Waals surface area contributed by atoms with Gasteiger partial charge >= 0.3 is 0 Å². The second-order valence-electron chi connectivity index (χ2n) is 22.2. The van der Waals surface area contributed by atoms with E-state index in [-0.39, 0.29) is 5.41 Å². The van der Waals surface area contributed by atoms with E-state index in [1.807, 2.05) is 36.8 Å². The van der Waals surface area contributed by atoms with Crippen molar-refractivity contribution in [2.45, 2.75) is 172 Å². The Morgan fingerprint density at radius 3 is 1.08 bits per heavy atom. The molecule has 0 saturated carbocycles. The smallest absolute Gasteiger partial charge is 0.0468 e. The molecule has 2 aliphatic heterocycles. The van der Waals surface area contributed by atoms with E-state index in [9.17, 15) is 0 Å². The number of benzene rings is 1. The lowest BCUT2D eigenvalue weighted by Crippen LogP contribution is -2.31. The van der Waals surface area contributed by atoms with Crippen LogP contribution in [0.4, 0.5) is 0 Å². The molecule has 0 N–H and O–H groups in total. The van der Waals surface area contributed by atoms with Gasteiger partial charge in [-0.15, -0.1) is 0 Å². The molecule has 2 saturated heterocycles. The summed E-state index contributed by atoms with van der Waals surface area (Å²) < 4.78 is 11.0. The van der Waals surface area contributed by atoms with Crippen molar-refractivity contribution in [2.24, 2.45) is 33.5 Å². The van der Waals surface area contributed by atoms with Crippen molar-refractivity contribution < 1.29 is 9.47 Å². The van der Waals surface area contributed by atoms with E-state index in [4.69, 9.17) is 9.47 Å². The highest BCUT2D eigenvalue weighted by Crippen LogP contribution is 2.45. The quantitative estimate of drug-likeness (QED) is 0.159. The highest BCUT2D eigenvalue weighted by molar-refractivity contribution is 5.23. The van der Waals surface area contributed by atoms with Crippen LogP contribution in [0.5, 0.6) is 0 Å². The van der Waals surface area contributed by atoms with Crippen molar-refractivity contribution in [1.29, 1.82) is 0 Å². The standard InChI is InChI=1S/C16H24O.C15H23NO.2C13H21N/c1-16(2,3)15(13-7-5-4-6-8-13)14-9-11-17-12-10-14;1-15(2,3)14(12-7-10-17-11-8-12)13-6-4-5-9-16-13;2*1-5-8-11(13(2,3)4)12-9-6-7-10-14-12/h4-8,14-15H,9-12H2,1-3H3;4-6,9,12,14H,7-8,10-11H2,1-3H3;2*6-7,9-11H,5,8H2,1-4H3. The molecule has 2 fully saturated rings. The normalized spacial score (nSPS) is 17.4. The van der Waals surface area contributed by atoms with Gasteiger partial charge in [-0.25, -0.2) is 0 Å². The maximum atomic E-state index is 5.50. The molecule has 5 heteroatoms. The topological polar surface area (TPSA) is 57.1 Å². The summed E-state index contributed by atoms with van der Waals surface area (Å²) >= 11 is 0. The van der Waals surface area contributed by atoms with Crippen molar-refractivity contribution >= 4 is 0 Å². The van der Waals surface area contributed by atoms with E-state index in [1.165, 1.54) is 74.0 Å². The fourth-order valence-corrected chi connectivity index (χ4v) is 9.98. The third-order valence-electron chi connectivity index (χ3n) is 12.8. The molecule has 0 aliphatic carbocycles. The predicted molar refractivity (Wildman–Crippen MR) is 265 cm³/mol. The Hall–Kier alpha value is -3.41. The Labute approximate surface area is 381 Å². The van der Waals surface area contributed by atoms with Crippen molar-refractivity contribution in [3.8, 4) is 0 Å². The summed E-state index contributed by atoms with van der Waals surface area (Å²) in [6.07, 6.45) is 15.3. The molecule has 5 nitrogen and oxygen atoms in total. The molecule has 2 aliphatic rings. The molecule has 344 valence electrons. The van der Waals surface area contributed by atoms with Gasteiger partial charge in [0, 0.05) is 79.9 Å². The second-order valence-corrected chi connectivity index (χ2v) is 22.2. The van der Waals surface area contributed by atoms with Gasteiger partial charge < -0.3 is 9.47 Å². The first-order valence-corrected chi connectivity index (χ1v) is 24.2. The van der Waals surface area contributed by atoms with Crippen LogP contribution in [0.3, 0.4) is 0 Å². The predicted octanol–water partition coefficient (Wildman–Crippen LogP) is 15.9. The van der Waals surface area contributed by atoms with Crippen molar-refractivity contribution in [3.05, 3.63) is 126 Å². The van der Waals surface area contributed by atoms with Gasteiger partial charge in [0.1, 0.15) is 0 Å². The van der Waals surface area contributed by atoms with Crippen LogP contribution in [-0.2, 0) is 9.47 Å². The lowest BCUT2D eigenvalue weighted by molar-refractivity contribution is 0.0411. The van der Waals surface area contributed by atoms with Gasteiger partial charge in [-0.3, -0.25) is 15.0 Å². The van der Waals surface area contributed by atoms with Gasteiger partial charge in [0.05, 0.1) is 0 Å². The number of aromatic nitrogens is 3. The highest BCUT2D eigenvalue weighted by atomic mass is 16.5. The van der Waals surface area contributed by atoms with E-state index in [1.54, 1.807) is 0 Å². The summed E-state index contributed by atoms with van der Waals surface area (Å²) in [5.74, 6) is 3.81. The van der Waals surface area contributed by atoms with Gasteiger partial charge in [-0.2, -0.15) is 0 Å². The minimum atomic E-state index is 0.260. The molecule has 5 heterocycles. The molecule has 0 radical (unpaired) electrons. The highest BCUT2D eigenvalue weighted by Gasteiger charge is 2.36. The number of rotatable bonds is 10. The lowest BCUT2D eigenvalue weighted by Gasteiger charge is -2.39. The average molecular weight is 848 g/mol. The summed E-state index contributed by atoms with van der Waals surface area (Å²) in [6, 6.07) is 29.7. The first-order chi connectivity index (χ1) is 29.3. The molecular weight excluding hydrogens is 759 g/mol. The van der Waals surface area contributed by atoms with Crippen molar-refractivity contribution in [2.75, 3.05) is 26.4 Å². The van der Waals surface area contributed by atoms with E-state index >= 15 is 0 Å². The lowest BCUT2D eigenvalue weighted by atomic mass is 9.67. The largest absolute Gasteiger partial charge is 0.381 e. The van der Waals surface area contributed by atoms with E-state index in [0.717, 1.165) is 32.3 Å². The van der Waals surface area contributed by atoms with Crippen molar-refractivity contribution in [1.82, 2.24) is 15.0 Å². The van der Waals surface area contributed by atoms with Gasteiger partial charge in [-0.05, 0) is 120 Å². The fraction of sp³-hybridized carbons (Fsp3) is 0.632. The van der Waals surface area contributed by atoms with Gasteiger partial charge in [0.25, 0.3) is 0 Å². The molecule has 0 bridgehead atoms. The van der Waals surface area contributed by atoms with E-state index in [2.05, 4.69) is 179 Å². The maximum absolute atomic E-state index is 5.50. The van der Waals surface area contributed by atoms with Crippen LogP contribution in [0.15, 0.2) is 104 Å². The Kier molecular flexibility index (Phi) is 22.0. The molecule has 0 spiro atoms. The van der Waals surface area contributed by atoms with Crippen LogP contribution >= 0.6 is 0 Å². The van der Waals surface area contributed by atoms with Crippen molar-refractivity contribution in [3.63, 3.8) is 0 Å². The molecule has 3 aromatic heterocycles. The zero-order valence-corrected chi connectivity index (χ0v) is 41.9. The third kappa shape index (κ3) is 18.0. The summed E-state index contributed by atoms with van der Waals surface area (Å²) in [7, 11) is 0. The van der Waals surface area contributed by atoms with Crippen LogP contribution in [0, 0.1) is 33.5 Å². The molecule has 4 unspecified atom stereocenters. The zero-order chi connectivity index (χ0) is 45.8. The van der Waals surface area contributed by atoms with Gasteiger partial charge in [0.15, 0.2) is 0 Å². The molecule has 4 aromatic rings. The molecule has 62 heavy (non-hydrogen) atoms. The number of hydrogen-bond donors (Lipinski definition) is 0. The van der Waals surface area contributed by atoms with Crippen LogP contribution < -0.4 is 0 Å². The monoisotopic (exact) mass is 848 g/mol. The summed E-state index contributed by atoms with van der Waals surface area (Å²) in [4.78, 5) is 13.5. The maximum Gasteiger partial charge on any atom is 0.0468 e. The van der Waals surface area contributed by atoms with Gasteiger partial charge in [0.2, 0.25) is 0 Å². The Morgan fingerprint density at radius 1 is 0.435 bits per heavy atom.